The fourth-order valence-electron chi connectivity index (χ4n) is 2.84. The van der Waals surface area contributed by atoms with Crippen LogP contribution in [0.3, 0.4) is 0 Å². The first-order valence-corrected chi connectivity index (χ1v) is 7.42. The Morgan fingerprint density at radius 2 is 2.10 bits per heavy atom. The second-order valence-electron chi connectivity index (χ2n) is 5.92. The normalized spacial score (nSPS) is 25.6. The number of rotatable bonds is 4. The molecule has 0 heterocycles. The number of halogens is 1. The Labute approximate surface area is 124 Å². The number of hydrogen-bond acceptors (Lipinski definition) is 3. The summed E-state index contributed by atoms with van der Waals surface area (Å²) in [6, 6.07) is 3.25. The predicted octanol–water partition coefficient (Wildman–Crippen LogP) is 2.59. The minimum atomic E-state index is -0.878. The molecule has 0 unspecified atom stereocenters. The van der Waals surface area contributed by atoms with Gasteiger partial charge in [0.2, 0.25) is 0 Å². The summed E-state index contributed by atoms with van der Waals surface area (Å²) in [5.74, 6) is -0.838. The second-order valence-corrected chi connectivity index (χ2v) is 5.92. The van der Waals surface area contributed by atoms with Crippen LogP contribution >= 0.6 is 0 Å². The van der Waals surface area contributed by atoms with Gasteiger partial charge in [0.1, 0.15) is 11.6 Å². The van der Waals surface area contributed by atoms with Crippen LogP contribution in [0.1, 0.15) is 49.4 Å². The fraction of sp³-hybridized carbons (Fsp3) is 0.562. The number of phenols is 1. The SMILES string of the molecule is CCC1CCC(O)(CNC(=O)c2ccc(F)cc2O)CC1. The molecule has 1 fully saturated rings. The number of aromatic hydroxyl groups is 1. The third kappa shape index (κ3) is 3.94. The Balaban J connectivity index is 1.92. The van der Waals surface area contributed by atoms with Crippen LogP contribution in [-0.2, 0) is 0 Å². The maximum atomic E-state index is 12.9. The Bertz CT molecular complexity index is 510. The summed E-state index contributed by atoms with van der Waals surface area (Å²) in [5.41, 5.74) is -0.862. The van der Waals surface area contributed by atoms with Crippen molar-refractivity contribution < 1.29 is 19.4 Å². The topological polar surface area (TPSA) is 69.6 Å². The standard InChI is InChI=1S/C16H22FNO3/c1-2-11-5-7-16(21,8-6-11)10-18-15(20)13-4-3-12(17)9-14(13)19/h3-4,9,11,19,21H,2,5-8,10H2,1H3,(H,18,20). The lowest BCUT2D eigenvalue weighted by molar-refractivity contribution is -0.00789. The van der Waals surface area contributed by atoms with Crippen molar-refractivity contribution in [3.8, 4) is 5.75 Å². The Hall–Kier alpha value is -1.62. The van der Waals surface area contributed by atoms with Crippen LogP contribution in [-0.4, -0.2) is 28.3 Å². The van der Waals surface area contributed by atoms with E-state index < -0.39 is 23.1 Å². The minimum Gasteiger partial charge on any atom is -0.507 e. The highest BCUT2D eigenvalue weighted by atomic mass is 19.1. The number of nitrogens with one attached hydrogen (secondary N) is 1. The first-order chi connectivity index (χ1) is 9.93. The van der Waals surface area contributed by atoms with Crippen LogP contribution in [0.4, 0.5) is 4.39 Å². The van der Waals surface area contributed by atoms with E-state index >= 15 is 0 Å². The van der Waals surface area contributed by atoms with Gasteiger partial charge in [-0.05, 0) is 43.7 Å². The van der Waals surface area contributed by atoms with Crippen molar-refractivity contribution in [2.45, 2.75) is 44.6 Å². The molecule has 2 rings (SSSR count). The van der Waals surface area contributed by atoms with Crippen LogP contribution in [0.2, 0.25) is 0 Å². The van der Waals surface area contributed by atoms with Gasteiger partial charge in [0.15, 0.2) is 0 Å². The third-order valence-electron chi connectivity index (χ3n) is 4.40. The molecule has 1 saturated carbocycles. The molecule has 1 amide bonds. The Morgan fingerprint density at radius 3 is 2.67 bits per heavy atom. The molecule has 1 aromatic rings. The molecule has 0 spiro atoms. The van der Waals surface area contributed by atoms with Crippen molar-refractivity contribution in [3.05, 3.63) is 29.6 Å². The molecule has 1 aliphatic carbocycles. The first-order valence-electron chi connectivity index (χ1n) is 7.42. The van der Waals surface area contributed by atoms with Crippen LogP contribution in [0.15, 0.2) is 18.2 Å². The maximum absolute atomic E-state index is 12.9. The lowest BCUT2D eigenvalue weighted by Gasteiger charge is -2.35. The highest BCUT2D eigenvalue weighted by molar-refractivity contribution is 5.96. The predicted molar refractivity (Wildman–Crippen MR) is 77.6 cm³/mol. The summed E-state index contributed by atoms with van der Waals surface area (Å²) in [7, 11) is 0. The summed E-state index contributed by atoms with van der Waals surface area (Å²) in [6.07, 6.45) is 4.38. The number of hydrogen-bond donors (Lipinski definition) is 3. The van der Waals surface area contributed by atoms with Gasteiger partial charge < -0.3 is 15.5 Å². The second kappa shape index (κ2) is 6.43. The van der Waals surface area contributed by atoms with E-state index in [0.717, 1.165) is 31.4 Å². The fourth-order valence-corrected chi connectivity index (χ4v) is 2.84. The van der Waals surface area contributed by atoms with Crippen molar-refractivity contribution in [2.24, 2.45) is 5.92 Å². The highest BCUT2D eigenvalue weighted by Crippen LogP contribution is 2.33. The summed E-state index contributed by atoms with van der Waals surface area (Å²) >= 11 is 0. The molecule has 116 valence electrons. The van der Waals surface area contributed by atoms with Crippen molar-refractivity contribution in [3.63, 3.8) is 0 Å². The van der Waals surface area contributed by atoms with Gasteiger partial charge in [-0.1, -0.05) is 13.3 Å². The van der Waals surface area contributed by atoms with Crippen LogP contribution < -0.4 is 5.32 Å². The maximum Gasteiger partial charge on any atom is 0.255 e. The van der Waals surface area contributed by atoms with E-state index in [-0.39, 0.29) is 12.1 Å². The molecule has 0 aliphatic heterocycles. The average Bonchev–Trinajstić information content (AvgIpc) is 2.46. The van der Waals surface area contributed by atoms with Crippen molar-refractivity contribution >= 4 is 5.91 Å². The zero-order valence-electron chi connectivity index (χ0n) is 12.2. The summed E-state index contributed by atoms with van der Waals surface area (Å²) in [4.78, 5) is 12.0. The smallest absolute Gasteiger partial charge is 0.255 e. The highest BCUT2D eigenvalue weighted by Gasteiger charge is 2.33. The van der Waals surface area contributed by atoms with Gasteiger partial charge in [0, 0.05) is 12.6 Å². The quantitative estimate of drug-likeness (QED) is 0.799. The van der Waals surface area contributed by atoms with Crippen molar-refractivity contribution in [2.75, 3.05) is 6.54 Å². The zero-order chi connectivity index (χ0) is 15.5. The molecule has 1 aromatic carbocycles. The van der Waals surface area contributed by atoms with E-state index in [1.54, 1.807) is 0 Å². The Morgan fingerprint density at radius 1 is 1.43 bits per heavy atom. The van der Waals surface area contributed by atoms with Crippen LogP contribution in [0, 0.1) is 11.7 Å². The molecular formula is C16H22FNO3. The van der Waals surface area contributed by atoms with Crippen LogP contribution in [0.5, 0.6) is 5.75 Å². The van der Waals surface area contributed by atoms with E-state index in [4.69, 9.17) is 0 Å². The molecule has 0 saturated heterocycles. The molecular weight excluding hydrogens is 273 g/mol. The van der Waals surface area contributed by atoms with E-state index in [9.17, 15) is 19.4 Å². The largest absolute Gasteiger partial charge is 0.507 e. The molecule has 21 heavy (non-hydrogen) atoms. The van der Waals surface area contributed by atoms with Gasteiger partial charge in [0.05, 0.1) is 11.2 Å². The Kier molecular flexibility index (Phi) is 4.83. The van der Waals surface area contributed by atoms with E-state index in [0.29, 0.717) is 18.8 Å². The lowest BCUT2D eigenvalue weighted by Crippen LogP contribution is -2.45. The number of carbonyl (C=O) groups excluding carboxylic acids is 1. The van der Waals surface area contributed by atoms with Crippen molar-refractivity contribution in [1.82, 2.24) is 5.32 Å². The van der Waals surface area contributed by atoms with Crippen molar-refractivity contribution in [1.29, 1.82) is 0 Å². The van der Waals surface area contributed by atoms with E-state index in [2.05, 4.69) is 12.2 Å². The van der Waals surface area contributed by atoms with Crippen LogP contribution in [0.25, 0.3) is 0 Å². The molecule has 0 bridgehead atoms. The van der Waals surface area contributed by atoms with Gasteiger partial charge in [0.25, 0.3) is 5.91 Å². The number of benzene rings is 1. The average molecular weight is 295 g/mol. The van der Waals surface area contributed by atoms with E-state index in [1.807, 2.05) is 0 Å². The number of phenolic OH excluding ortho intramolecular Hbond substituents is 1. The van der Waals surface area contributed by atoms with Gasteiger partial charge in [-0.15, -0.1) is 0 Å². The summed E-state index contributed by atoms with van der Waals surface area (Å²) < 4.78 is 12.9. The van der Waals surface area contributed by atoms with E-state index in [1.165, 1.54) is 6.07 Å². The number of aliphatic hydroxyl groups is 1. The molecule has 5 heteroatoms. The van der Waals surface area contributed by atoms with Gasteiger partial charge in [-0.25, -0.2) is 4.39 Å². The summed E-state index contributed by atoms with van der Waals surface area (Å²) in [5, 5.41) is 22.7. The monoisotopic (exact) mass is 295 g/mol. The zero-order valence-corrected chi connectivity index (χ0v) is 12.2. The minimum absolute atomic E-state index is 0.0160. The number of amides is 1. The molecule has 0 atom stereocenters. The molecule has 4 nitrogen and oxygen atoms in total. The van der Waals surface area contributed by atoms with Gasteiger partial charge in [-0.3, -0.25) is 4.79 Å². The van der Waals surface area contributed by atoms with Gasteiger partial charge in [-0.2, -0.15) is 0 Å². The summed E-state index contributed by atoms with van der Waals surface area (Å²) in [6.45, 7) is 2.30. The molecule has 0 radical (unpaired) electrons. The molecule has 0 aromatic heterocycles. The third-order valence-corrected chi connectivity index (χ3v) is 4.40. The van der Waals surface area contributed by atoms with Gasteiger partial charge >= 0.3 is 0 Å². The molecule has 1 aliphatic rings. The lowest BCUT2D eigenvalue weighted by atomic mass is 9.78. The number of carbonyl (C=O) groups is 1. The molecule has 3 N–H and O–H groups in total. The first kappa shape index (κ1) is 15.8.